The van der Waals surface area contributed by atoms with E-state index < -0.39 is 0 Å². The average Bonchev–Trinajstić information content (AvgIpc) is 2.99. The SMILES string of the molecule is C#CCNC(=NCc1nc(-c2cccc(Cl)c2)no1)NCC.I. The van der Waals surface area contributed by atoms with E-state index in [1.165, 1.54) is 0 Å². The van der Waals surface area contributed by atoms with Crippen molar-refractivity contribution in [2.24, 2.45) is 4.99 Å². The number of nitrogens with one attached hydrogen (secondary N) is 2. The monoisotopic (exact) mass is 445 g/mol. The summed E-state index contributed by atoms with van der Waals surface area (Å²) in [6.07, 6.45) is 5.21. The van der Waals surface area contributed by atoms with Gasteiger partial charge in [0.05, 0.1) is 6.54 Å². The van der Waals surface area contributed by atoms with Crippen molar-refractivity contribution in [2.45, 2.75) is 13.5 Å². The van der Waals surface area contributed by atoms with Gasteiger partial charge in [0.2, 0.25) is 11.7 Å². The zero-order chi connectivity index (χ0) is 15.8. The highest BCUT2D eigenvalue weighted by atomic mass is 127. The van der Waals surface area contributed by atoms with Gasteiger partial charge in [0.1, 0.15) is 6.54 Å². The second kappa shape index (κ2) is 10.1. The molecule has 0 spiro atoms. The molecule has 2 aromatic rings. The molecular weight excluding hydrogens is 429 g/mol. The molecule has 8 heteroatoms. The standard InChI is InChI=1S/C15H16ClN5O.HI/c1-3-8-18-15(17-4-2)19-10-13-20-14(21-22-13)11-6-5-7-12(16)9-11;/h1,5-7,9H,4,8,10H2,2H3,(H2,17,18,19);1H. The summed E-state index contributed by atoms with van der Waals surface area (Å²) in [5, 5.41) is 10.6. The Kier molecular flexibility index (Phi) is 8.43. The highest BCUT2D eigenvalue weighted by molar-refractivity contribution is 14.0. The number of guanidine groups is 1. The third-order valence-corrected chi connectivity index (χ3v) is 2.86. The minimum absolute atomic E-state index is 0. The molecule has 0 unspecified atom stereocenters. The average molecular weight is 446 g/mol. The molecule has 0 saturated carbocycles. The Bertz CT molecular complexity index is 695. The molecule has 0 amide bonds. The first kappa shape index (κ1) is 19.3. The number of nitrogens with zero attached hydrogens (tertiary/aromatic N) is 3. The number of hydrogen-bond donors (Lipinski definition) is 2. The summed E-state index contributed by atoms with van der Waals surface area (Å²) in [6.45, 7) is 3.35. The molecule has 0 aliphatic carbocycles. The van der Waals surface area contributed by atoms with Gasteiger partial charge in [-0.1, -0.05) is 34.8 Å². The second-order valence-electron chi connectivity index (χ2n) is 4.27. The summed E-state index contributed by atoms with van der Waals surface area (Å²) in [5.41, 5.74) is 0.795. The molecule has 1 aromatic carbocycles. The Morgan fingerprint density at radius 3 is 2.96 bits per heavy atom. The topological polar surface area (TPSA) is 75.3 Å². The minimum atomic E-state index is 0. The number of hydrogen-bond acceptors (Lipinski definition) is 4. The molecule has 1 heterocycles. The van der Waals surface area contributed by atoms with Gasteiger partial charge in [-0.15, -0.1) is 30.4 Å². The van der Waals surface area contributed by atoms with Crippen LogP contribution in [0.3, 0.4) is 0 Å². The van der Waals surface area contributed by atoms with Crippen LogP contribution in [0.5, 0.6) is 0 Å². The lowest BCUT2D eigenvalue weighted by atomic mass is 10.2. The largest absolute Gasteiger partial charge is 0.357 e. The zero-order valence-corrected chi connectivity index (χ0v) is 15.6. The van der Waals surface area contributed by atoms with Crippen LogP contribution < -0.4 is 10.6 Å². The third kappa shape index (κ3) is 6.08. The van der Waals surface area contributed by atoms with E-state index >= 15 is 0 Å². The van der Waals surface area contributed by atoms with E-state index in [4.69, 9.17) is 22.5 Å². The number of halogens is 2. The summed E-state index contributed by atoms with van der Waals surface area (Å²) in [4.78, 5) is 8.62. The normalized spacial score (nSPS) is 10.6. The van der Waals surface area contributed by atoms with E-state index in [1.807, 2.05) is 19.1 Å². The predicted molar refractivity (Wildman–Crippen MR) is 102 cm³/mol. The van der Waals surface area contributed by atoms with Crippen LogP contribution in [0.15, 0.2) is 33.8 Å². The van der Waals surface area contributed by atoms with Crippen molar-refractivity contribution in [1.82, 2.24) is 20.8 Å². The maximum atomic E-state index is 5.95. The van der Waals surface area contributed by atoms with Gasteiger partial charge in [0.15, 0.2) is 5.96 Å². The van der Waals surface area contributed by atoms with Crippen LogP contribution in [0.4, 0.5) is 0 Å². The second-order valence-corrected chi connectivity index (χ2v) is 4.71. The first-order valence-electron chi connectivity index (χ1n) is 6.77. The van der Waals surface area contributed by atoms with E-state index in [1.54, 1.807) is 12.1 Å². The van der Waals surface area contributed by atoms with Crippen LogP contribution in [0.25, 0.3) is 11.4 Å². The van der Waals surface area contributed by atoms with Gasteiger partial charge in [0, 0.05) is 17.1 Å². The molecule has 2 N–H and O–H groups in total. The fourth-order valence-corrected chi connectivity index (χ4v) is 1.88. The number of aliphatic imine (C=N–C) groups is 1. The van der Waals surface area contributed by atoms with Crippen LogP contribution in [0, 0.1) is 12.3 Å². The molecule has 122 valence electrons. The van der Waals surface area contributed by atoms with E-state index in [-0.39, 0.29) is 30.5 Å². The molecule has 0 bridgehead atoms. The van der Waals surface area contributed by atoms with Gasteiger partial charge < -0.3 is 15.2 Å². The van der Waals surface area contributed by atoms with Crippen LogP contribution in [-0.4, -0.2) is 29.2 Å². The first-order chi connectivity index (χ1) is 10.7. The van der Waals surface area contributed by atoms with E-state index in [2.05, 4.69) is 31.7 Å². The molecule has 0 aliphatic heterocycles. The van der Waals surface area contributed by atoms with Crippen molar-refractivity contribution in [1.29, 1.82) is 0 Å². The third-order valence-electron chi connectivity index (χ3n) is 2.63. The zero-order valence-electron chi connectivity index (χ0n) is 12.5. The molecular formula is C15H17ClIN5O. The van der Waals surface area contributed by atoms with Crippen LogP contribution in [-0.2, 0) is 6.54 Å². The summed E-state index contributed by atoms with van der Waals surface area (Å²) >= 11 is 5.95. The minimum Gasteiger partial charge on any atom is -0.357 e. The molecule has 0 radical (unpaired) electrons. The number of aromatic nitrogens is 2. The Morgan fingerprint density at radius 2 is 2.26 bits per heavy atom. The molecule has 0 aliphatic rings. The Balaban J connectivity index is 0.00000264. The van der Waals surface area contributed by atoms with E-state index in [0.29, 0.717) is 29.2 Å². The Morgan fingerprint density at radius 1 is 1.43 bits per heavy atom. The van der Waals surface area contributed by atoms with Gasteiger partial charge >= 0.3 is 0 Å². The smallest absolute Gasteiger partial charge is 0.248 e. The summed E-state index contributed by atoms with van der Waals surface area (Å²) in [7, 11) is 0. The summed E-state index contributed by atoms with van der Waals surface area (Å²) in [5.74, 6) is 3.98. The summed E-state index contributed by atoms with van der Waals surface area (Å²) < 4.78 is 5.18. The van der Waals surface area contributed by atoms with E-state index in [9.17, 15) is 0 Å². The van der Waals surface area contributed by atoms with Gasteiger partial charge in [-0.2, -0.15) is 4.98 Å². The number of benzene rings is 1. The lowest BCUT2D eigenvalue weighted by Crippen LogP contribution is -2.37. The molecule has 23 heavy (non-hydrogen) atoms. The molecule has 0 saturated heterocycles. The number of terminal acetylenes is 1. The Labute approximate surface area is 157 Å². The van der Waals surface area contributed by atoms with E-state index in [0.717, 1.165) is 12.1 Å². The maximum absolute atomic E-state index is 5.95. The Hall–Kier alpha value is -1.79. The van der Waals surface area contributed by atoms with Gasteiger partial charge in [0.25, 0.3) is 0 Å². The van der Waals surface area contributed by atoms with Crippen molar-refractivity contribution < 1.29 is 4.52 Å². The fraction of sp³-hybridized carbons (Fsp3) is 0.267. The van der Waals surface area contributed by atoms with Crippen molar-refractivity contribution in [3.8, 4) is 23.7 Å². The lowest BCUT2D eigenvalue weighted by molar-refractivity contribution is 0.380. The molecule has 6 nitrogen and oxygen atoms in total. The van der Waals surface area contributed by atoms with Crippen molar-refractivity contribution >= 4 is 41.5 Å². The first-order valence-corrected chi connectivity index (χ1v) is 7.15. The van der Waals surface area contributed by atoms with Gasteiger partial charge in [-0.05, 0) is 19.1 Å². The fourth-order valence-electron chi connectivity index (χ4n) is 1.69. The molecule has 0 atom stereocenters. The summed E-state index contributed by atoms with van der Waals surface area (Å²) in [6, 6.07) is 7.26. The van der Waals surface area contributed by atoms with Crippen LogP contribution >= 0.6 is 35.6 Å². The maximum Gasteiger partial charge on any atom is 0.248 e. The quantitative estimate of drug-likeness (QED) is 0.320. The number of rotatable bonds is 5. The predicted octanol–water partition coefficient (Wildman–Crippen LogP) is 2.70. The van der Waals surface area contributed by atoms with Crippen molar-refractivity contribution in [3.63, 3.8) is 0 Å². The lowest BCUT2D eigenvalue weighted by Gasteiger charge is -2.07. The van der Waals surface area contributed by atoms with Crippen LogP contribution in [0.2, 0.25) is 5.02 Å². The highest BCUT2D eigenvalue weighted by Crippen LogP contribution is 2.19. The molecule has 1 aromatic heterocycles. The van der Waals surface area contributed by atoms with Gasteiger partial charge in [-0.3, -0.25) is 0 Å². The highest BCUT2D eigenvalue weighted by Gasteiger charge is 2.08. The van der Waals surface area contributed by atoms with Crippen LogP contribution in [0.1, 0.15) is 12.8 Å². The molecule has 0 fully saturated rings. The molecule has 2 rings (SSSR count). The van der Waals surface area contributed by atoms with Crippen molar-refractivity contribution in [2.75, 3.05) is 13.1 Å². The van der Waals surface area contributed by atoms with Gasteiger partial charge in [-0.25, -0.2) is 4.99 Å². The van der Waals surface area contributed by atoms with Crippen molar-refractivity contribution in [3.05, 3.63) is 35.2 Å².